The fourth-order valence-electron chi connectivity index (χ4n) is 3.79. The van der Waals surface area contributed by atoms with E-state index in [2.05, 4.69) is 27.5 Å². The van der Waals surface area contributed by atoms with Crippen LogP contribution in [0.1, 0.15) is 26.3 Å². The topological polar surface area (TPSA) is 64.7 Å². The third-order valence-electron chi connectivity index (χ3n) is 5.69. The Balaban J connectivity index is 1.44. The average molecular weight is 429 g/mol. The highest BCUT2D eigenvalue weighted by Gasteiger charge is 2.16. The molecule has 1 aliphatic heterocycles. The van der Waals surface area contributed by atoms with Crippen molar-refractivity contribution in [2.45, 2.75) is 6.92 Å². The number of nitrogens with one attached hydrogen (secondary N) is 2. The molecule has 0 spiro atoms. The van der Waals surface area contributed by atoms with E-state index in [1.807, 2.05) is 49.4 Å². The lowest BCUT2D eigenvalue weighted by molar-refractivity contribution is 0.102. The van der Waals surface area contributed by atoms with E-state index in [0.717, 1.165) is 37.4 Å². The minimum Gasteiger partial charge on any atom is -0.369 e. The van der Waals surface area contributed by atoms with E-state index in [4.69, 9.17) is 0 Å². The molecule has 0 saturated carbocycles. The van der Waals surface area contributed by atoms with Gasteiger partial charge in [-0.3, -0.25) is 9.59 Å². The molecule has 6 heteroatoms. The zero-order valence-electron chi connectivity index (χ0n) is 18.5. The zero-order valence-corrected chi connectivity index (χ0v) is 18.5. The molecule has 1 saturated heterocycles. The number of rotatable bonds is 5. The molecule has 1 heterocycles. The number of piperazine rings is 1. The maximum atomic E-state index is 13.0. The Morgan fingerprint density at radius 1 is 0.781 bits per heavy atom. The minimum absolute atomic E-state index is 0.245. The Hall–Kier alpha value is -3.64. The molecule has 1 fully saturated rings. The van der Waals surface area contributed by atoms with Crippen LogP contribution in [-0.2, 0) is 0 Å². The fraction of sp³-hybridized carbons (Fsp3) is 0.231. The van der Waals surface area contributed by atoms with E-state index in [9.17, 15) is 9.59 Å². The molecule has 0 atom stereocenters. The van der Waals surface area contributed by atoms with Gasteiger partial charge in [-0.1, -0.05) is 29.8 Å². The van der Waals surface area contributed by atoms with Crippen molar-refractivity contribution in [2.75, 3.05) is 48.8 Å². The molecule has 3 aromatic carbocycles. The SMILES string of the molecule is Cc1cccc(C(=O)Nc2ccccc2C(=O)Nc2ccc(N3CCN(C)CC3)cc2)c1. The van der Waals surface area contributed by atoms with Crippen LogP contribution in [0.25, 0.3) is 0 Å². The Labute approximate surface area is 188 Å². The molecular formula is C26H28N4O2. The van der Waals surface area contributed by atoms with Crippen LogP contribution < -0.4 is 15.5 Å². The molecule has 1 aliphatic rings. The first kappa shape index (κ1) is 21.6. The van der Waals surface area contributed by atoms with Crippen molar-refractivity contribution in [2.24, 2.45) is 0 Å². The highest BCUT2D eigenvalue weighted by atomic mass is 16.2. The molecule has 0 radical (unpaired) electrons. The van der Waals surface area contributed by atoms with Gasteiger partial charge in [0.15, 0.2) is 0 Å². The van der Waals surface area contributed by atoms with Gasteiger partial charge in [-0.2, -0.15) is 0 Å². The van der Waals surface area contributed by atoms with E-state index in [1.165, 1.54) is 0 Å². The quantitative estimate of drug-likeness (QED) is 0.638. The van der Waals surface area contributed by atoms with Gasteiger partial charge in [0, 0.05) is 43.1 Å². The molecule has 164 valence electrons. The van der Waals surface area contributed by atoms with E-state index >= 15 is 0 Å². The number of likely N-dealkylation sites (N-methyl/N-ethyl adjacent to an activating group) is 1. The fourth-order valence-corrected chi connectivity index (χ4v) is 3.79. The van der Waals surface area contributed by atoms with E-state index in [1.54, 1.807) is 30.3 Å². The predicted molar refractivity (Wildman–Crippen MR) is 130 cm³/mol. The number of para-hydroxylation sites is 1. The normalized spacial score (nSPS) is 14.1. The third-order valence-corrected chi connectivity index (χ3v) is 5.69. The predicted octanol–water partition coefficient (Wildman–Crippen LogP) is 4.25. The van der Waals surface area contributed by atoms with Gasteiger partial charge in [-0.15, -0.1) is 0 Å². The first-order chi connectivity index (χ1) is 15.5. The van der Waals surface area contributed by atoms with Gasteiger partial charge >= 0.3 is 0 Å². The van der Waals surface area contributed by atoms with Crippen LogP contribution in [0.2, 0.25) is 0 Å². The Bertz CT molecular complexity index is 1100. The number of hydrogen-bond acceptors (Lipinski definition) is 4. The Kier molecular flexibility index (Phi) is 6.52. The third kappa shape index (κ3) is 5.15. The Morgan fingerprint density at radius 2 is 1.50 bits per heavy atom. The van der Waals surface area contributed by atoms with Crippen molar-refractivity contribution in [3.8, 4) is 0 Å². The Morgan fingerprint density at radius 3 is 2.22 bits per heavy atom. The summed E-state index contributed by atoms with van der Waals surface area (Å²) in [6.45, 7) is 6.02. The molecule has 2 N–H and O–H groups in total. The summed E-state index contributed by atoms with van der Waals surface area (Å²) in [4.78, 5) is 30.3. The summed E-state index contributed by atoms with van der Waals surface area (Å²) >= 11 is 0. The summed E-state index contributed by atoms with van der Waals surface area (Å²) in [6, 6.07) is 22.3. The monoisotopic (exact) mass is 428 g/mol. The van der Waals surface area contributed by atoms with Crippen molar-refractivity contribution < 1.29 is 9.59 Å². The van der Waals surface area contributed by atoms with Crippen LogP contribution in [0, 0.1) is 6.92 Å². The number of benzene rings is 3. The number of hydrogen-bond donors (Lipinski definition) is 2. The minimum atomic E-state index is -0.266. The smallest absolute Gasteiger partial charge is 0.257 e. The molecule has 3 aromatic rings. The lowest BCUT2D eigenvalue weighted by Crippen LogP contribution is -2.44. The highest BCUT2D eigenvalue weighted by Crippen LogP contribution is 2.22. The summed E-state index contributed by atoms with van der Waals surface area (Å²) in [5.74, 6) is -0.511. The van der Waals surface area contributed by atoms with E-state index in [-0.39, 0.29) is 11.8 Å². The van der Waals surface area contributed by atoms with E-state index in [0.29, 0.717) is 22.5 Å². The second-order valence-electron chi connectivity index (χ2n) is 8.16. The lowest BCUT2D eigenvalue weighted by atomic mass is 10.1. The van der Waals surface area contributed by atoms with Crippen LogP contribution in [0.4, 0.5) is 17.1 Å². The van der Waals surface area contributed by atoms with Crippen molar-refractivity contribution in [1.29, 1.82) is 0 Å². The maximum absolute atomic E-state index is 13.0. The first-order valence-electron chi connectivity index (χ1n) is 10.8. The molecule has 6 nitrogen and oxygen atoms in total. The van der Waals surface area contributed by atoms with Crippen LogP contribution in [0.15, 0.2) is 72.8 Å². The standard InChI is InChI=1S/C26H28N4O2/c1-19-6-5-7-20(18-19)25(31)28-24-9-4-3-8-23(24)26(32)27-21-10-12-22(13-11-21)30-16-14-29(2)15-17-30/h3-13,18H,14-17H2,1-2H3,(H,27,32)(H,28,31). The summed E-state index contributed by atoms with van der Waals surface area (Å²) in [7, 11) is 2.14. The molecule has 0 aliphatic carbocycles. The summed E-state index contributed by atoms with van der Waals surface area (Å²) in [5, 5.41) is 5.81. The van der Waals surface area contributed by atoms with Gasteiger partial charge in [0.05, 0.1) is 11.3 Å². The number of amides is 2. The van der Waals surface area contributed by atoms with Gasteiger partial charge in [0.25, 0.3) is 11.8 Å². The second kappa shape index (κ2) is 9.66. The van der Waals surface area contributed by atoms with Gasteiger partial charge in [0.2, 0.25) is 0 Å². The van der Waals surface area contributed by atoms with Crippen molar-refractivity contribution in [3.05, 3.63) is 89.5 Å². The van der Waals surface area contributed by atoms with Crippen LogP contribution in [0.5, 0.6) is 0 Å². The molecular weight excluding hydrogens is 400 g/mol. The number of aryl methyl sites for hydroxylation is 1. The molecule has 0 bridgehead atoms. The van der Waals surface area contributed by atoms with E-state index < -0.39 is 0 Å². The summed E-state index contributed by atoms with van der Waals surface area (Å²) in [6.07, 6.45) is 0. The number of carbonyl (C=O) groups excluding carboxylic acids is 2. The molecule has 0 unspecified atom stereocenters. The van der Waals surface area contributed by atoms with Crippen LogP contribution in [-0.4, -0.2) is 49.9 Å². The number of anilines is 3. The second-order valence-corrected chi connectivity index (χ2v) is 8.16. The summed E-state index contributed by atoms with van der Waals surface area (Å²) < 4.78 is 0. The number of carbonyl (C=O) groups is 2. The van der Waals surface area contributed by atoms with Gasteiger partial charge in [0.1, 0.15) is 0 Å². The largest absolute Gasteiger partial charge is 0.369 e. The van der Waals surface area contributed by atoms with Crippen LogP contribution in [0.3, 0.4) is 0 Å². The van der Waals surface area contributed by atoms with Gasteiger partial charge in [-0.25, -0.2) is 0 Å². The van der Waals surface area contributed by atoms with Crippen LogP contribution >= 0.6 is 0 Å². The molecule has 32 heavy (non-hydrogen) atoms. The maximum Gasteiger partial charge on any atom is 0.257 e. The van der Waals surface area contributed by atoms with Gasteiger partial charge in [-0.05, 0) is 62.5 Å². The highest BCUT2D eigenvalue weighted by molar-refractivity contribution is 6.12. The summed E-state index contributed by atoms with van der Waals surface area (Å²) in [5.41, 5.74) is 4.32. The average Bonchev–Trinajstić information content (AvgIpc) is 2.80. The van der Waals surface area contributed by atoms with Gasteiger partial charge < -0.3 is 20.4 Å². The van der Waals surface area contributed by atoms with Crippen molar-refractivity contribution >= 4 is 28.9 Å². The lowest BCUT2D eigenvalue weighted by Gasteiger charge is -2.34. The van der Waals surface area contributed by atoms with Crippen molar-refractivity contribution in [1.82, 2.24) is 4.90 Å². The molecule has 0 aromatic heterocycles. The number of nitrogens with zero attached hydrogens (tertiary/aromatic N) is 2. The van der Waals surface area contributed by atoms with Crippen molar-refractivity contribution in [3.63, 3.8) is 0 Å². The zero-order chi connectivity index (χ0) is 22.5. The molecule has 4 rings (SSSR count). The molecule has 2 amide bonds. The first-order valence-corrected chi connectivity index (χ1v) is 10.8.